The summed E-state index contributed by atoms with van der Waals surface area (Å²) >= 11 is 0. The molecule has 3 rings (SSSR count). The van der Waals surface area contributed by atoms with E-state index in [-0.39, 0.29) is 30.9 Å². The third kappa shape index (κ3) is 4.78. The normalized spacial score (nSPS) is 31.1. The number of rotatable bonds is 3. The predicted octanol–water partition coefficient (Wildman–Crippen LogP) is 3.08. The molecule has 6 heteroatoms. The lowest BCUT2D eigenvalue weighted by molar-refractivity contribution is -0.134. The maximum Gasteiger partial charge on any atom is 0.239 e. The van der Waals surface area contributed by atoms with Gasteiger partial charge in [-0.1, -0.05) is 12.8 Å². The van der Waals surface area contributed by atoms with E-state index in [1.54, 1.807) is 0 Å². The number of hydrogen-bond acceptors (Lipinski definition) is 3. The number of likely N-dealkylation sites (tertiary alicyclic amines) is 1. The van der Waals surface area contributed by atoms with Gasteiger partial charge in [0.25, 0.3) is 0 Å². The first-order chi connectivity index (χ1) is 10.6. The number of nitrogens with one attached hydrogen (secondary N) is 1. The van der Waals surface area contributed by atoms with Crippen LogP contribution in [0.3, 0.4) is 0 Å². The van der Waals surface area contributed by atoms with Crippen LogP contribution in [0.4, 0.5) is 0 Å². The number of halogens is 2. The van der Waals surface area contributed by atoms with E-state index in [0.29, 0.717) is 24.0 Å². The maximum absolute atomic E-state index is 12.9. The summed E-state index contributed by atoms with van der Waals surface area (Å²) in [6.07, 6.45) is 8.59. The van der Waals surface area contributed by atoms with Gasteiger partial charge in [0.05, 0.1) is 6.04 Å². The summed E-state index contributed by atoms with van der Waals surface area (Å²) in [5.41, 5.74) is 0. The van der Waals surface area contributed by atoms with Crippen LogP contribution in [0.1, 0.15) is 58.8 Å². The molecule has 1 saturated carbocycles. The SMILES string of the molecule is CC(C)N1CCC(N(C)C(=O)C2CC3CCCCC3N2)CC1.Cl.Cl. The topological polar surface area (TPSA) is 35.6 Å². The van der Waals surface area contributed by atoms with Crippen molar-refractivity contribution in [2.45, 2.75) is 83.0 Å². The summed E-state index contributed by atoms with van der Waals surface area (Å²) in [5, 5.41) is 3.64. The van der Waals surface area contributed by atoms with Crippen molar-refractivity contribution in [1.82, 2.24) is 15.1 Å². The Kier molecular flexibility index (Phi) is 8.81. The fraction of sp³-hybridized carbons (Fsp3) is 0.944. The molecular formula is C18H35Cl2N3O. The quantitative estimate of drug-likeness (QED) is 0.817. The molecule has 0 aromatic rings. The molecule has 3 atom stereocenters. The van der Waals surface area contributed by atoms with Gasteiger partial charge in [0.15, 0.2) is 0 Å². The molecule has 0 spiro atoms. The Morgan fingerprint density at radius 1 is 1.08 bits per heavy atom. The van der Waals surface area contributed by atoms with E-state index in [2.05, 4.69) is 29.0 Å². The lowest BCUT2D eigenvalue weighted by atomic mass is 9.85. The Hall–Kier alpha value is -0.0300. The predicted molar refractivity (Wildman–Crippen MR) is 104 cm³/mol. The zero-order valence-corrected chi connectivity index (χ0v) is 17.0. The van der Waals surface area contributed by atoms with Gasteiger partial charge in [-0.3, -0.25) is 4.79 Å². The lowest BCUT2D eigenvalue weighted by Crippen LogP contribution is -2.51. The number of nitrogens with zero attached hydrogens (tertiary/aromatic N) is 2. The number of piperidine rings is 1. The van der Waals surface area contributed by atoms with E-state index < -0.39 is 0 Å². The second-order valence-electron chi connectivity index (χ2n) is 7.92. The van der Waals surface area contributed by atoms with Gasteiger partial charge in [0, 0.05) is 38.3 Å². The molecule has 0 radical (unpaired) electrons. The zero-order valence-electron chi connectivity index (χ0n) is 15.4. The van der Waals surface area contributed by atoms with Crippen LogP contribution in [0.2, 0.25) is 0 Å². The van der Waals surface area contributed by atoms with Crippen molar-refractivity contribution in [2.24, 2.45) is 5.92 Å². The minimum absolute atomic E-state index is 0. The molecule has 3 unspecified atom stereocenters. The molecule has 1 amide bonds. The molecule has 2 saturated heterocycles. The highest BCUT2D eigenvalue weighted by atomic mass is 35.5. The summed E-state index contributed by atoms with van der Waals surface area (Å²) in [7, 11) is 2.03. The molecule has 0 bridgehead atoms. The number of hydrogen-bond donors (Lipinski definition) is 1. The average molecular weight is 380 g/mol. The summed E-state index contributed by atoms with van der Waals surface area (Å²) < 4.78 is 0. The zero-order chi connectivity index (χ0) is 15.7. The van der Waals surface area contributed by atoms with Gasteiger partial charge in [0.1, 0.15) is 0 Å². The van der Waals surface area contributed by atoms with Crippen LogP contribution in [0.5, 0.6) is 0 Å². The third-order valence-electron chi connectivity index (χ3n) is 6.29. The molecule has 2 aliphatic heterocycles. The molecule has 0 aromatic heterocycles. The van der Waals surface area contributed by atoms with Crippen LogP contribution in [0.15, 0.2) is 0 Å². The van der Waals surface area contributed by atoms with Gasteiger partial charge in [-0.15, -0.1) is 24.8 Å². The van der Waals surface area contributed by atoms with Crippen LogP contribution in [0.25, 0.3) is 0 Å². The van der Waals surface area contributed by atoms with E-state index in [9.17, 15) is 4.79 Å². The number of amides is 1. The number of carbonyl (C=O) groups excluding carboxylic acids is 1. The molecule has 3 aliphatic rings. The van der Waals surface area contributed by atoms with Gasteiger partial charge in [-0.2, -0.15) is 0 Å². The fourth-order valence-corrected chi connectivity index (χ4v) is 4.73. The molecule has 142 valence electrons. The van der Waals surface area contributed by atoms with E-state index in [1.807, 2.05) is 7.05 Å². The first kappa shape index (κ1) is 22.0. The van der Waals surface area contributed by atoms with Gasteiger partial charge in [-0.05, 0) is 51.9 Å². The second-order valence-corrected chi connectivity index (χ2v) is 7.92. The van der Waals surface area contributed by atoms with Gasteiger partial charge in [-0.25, -0.2) is 0 Å². The molecule has 24 heavy (non-hydrogen) atoms. The Morgan fingerprint density at radius 3 is 2.29 bits per heavy atom. The van der Waals surface area contributed by atoms with Crippen molar-refractivity contribution < 1.29 is 4.79 Å². The molecule has 0 aromatic carbocycles. The van der Waals surface area contributed by atoms with Crippen molar-refractivity contribution in [2.75, 3.05) is 20.1 Å². The highest BCUT2D eigenvalue weighted by Crippen LogP contribution is 2.34. The standard InChI is InChI=1S/C18H33N3O.2ClH/c1-13(2)21-10-8-15(9-11-21)20(3)18(22)17-12-14-6-4-5-7-16(14)19-17;;/h13-17,19H,4-12H2,1-3H3;2*1H. The largest absolute Gasteiger partial charge is 0.341 e. The minimum Gasteiger partial charge on any atom is -0.341 e. The molecule has 1 aliphatic carbocycles. The second kappa shape index (κ2) is 9.61. The average Bonchev–Trinajstić information content (AvgIpc) is 2.97. The lowest BCUT2D eigenvalue weighted by Gasteiger charge is -2.39. The van der Waals surface area contributed by atoms with Gasteiger partial charge in [0.2, 0.25) is 5.91 Å². The van der Waals surface area contributed by atoms with Crippen LogP contribution in [-0.4, -0.2) is 60.0 Å². The first-order valence-corrected chi connectivity index (χ1v) is 9.33. The van der Waals surface area contributed by atoms with Crippen molar-refractivity contribution >= 4 is 30.7 Å². The number of likely N-dealkylation sites (N-methyl/N-ethyl adjacent to an activating group) is 1. The van der Waals surface area contributed by atoms with E-state index in [4.69, 9.17) is 0 Å². The summed E-state index contributed by atoms with van der Waals surface area (Å²) in [5.74, 6) is 1.09. The highest BCUT2D eigenvalue weighted by Gasteiger charge is 2.40. The monoisotopic (exact) mass is 379 g/mol. The fourth-order valence-electron chi connectivity index (χ4n) is 4.73. The first-order valence-electron chi connectivity index (χ1n) is 9.33. The summed E-state index contributed by atoms with van der Waals surface area (Å²) in [6, 6.07) is 1.76. The highest BCUT2D eigenvalue weighted by molar-refractivity contribution is 5.85. The third-order valence-corrected chi connectivity index (χ3v) is 6.29. The molecular weight excluding hydrogens is 345 g/mol. The van der Waals surface area contributed by atoms with Gasteiger partial charge < -0.3 is 15.1 Å². The summed E-state index contributed by atoms with van der Waals surface area (Å²) in [6.45, 7) is 6.78. The Bertz CT molecular complexity index is 386. The Morgan fingerprint density at radius 2 is 1.71 bits per heavy atom. The number of carbonyl (C=O) groups is 1. The molecule has 3 fully saturated rings. The van der Waals surface area contributed by atoms with Crippen molar-refractivity contribution in [3.05, 3.63) is 0 Å². The molecule has 2 heterocycles. The minimum atomic E-state index is 0. The van der Waals surface area contributed by atoms with Gasteiger partial charge >= 0.3 is 0 Å². The van der Waals surface area contributed by atoms with Crippen LogP contribution in [-0.2, 0) is 4.79 Å². The van der Waals surface area contributed by atoms with Crippen molar-refractivity contribution in [1.29, 1.82) is 0 Å². The van der Waals surface area contributed by atoms with E-state index in [0.717, 1.165) is 38.3 Å². The Balaban J connectivity index is 0.00000144. The Labute approximate surface area is 159 Å². The van der Waals surface area contributed by atoms with Crippen LogP contribution < -0.4 is 5.32 Å². The molecule has 1 N–H and O–H groups in total. The number of fused-ring (bicyclic) bond motifs is 1. The maximum atomic E-state index is 12.9. The van der Waals surface area contributed by atoms with E-state index >= 15 is 0 Å². The van der Waals surface area contributed by atoms with Crippen molar-refractivity contribution in [3.63, 3.8) is 0 Å². The summed E-state index contributed by atoms with van der Waals surface area (Å²) in [4.78, 5) is 17.4. The van der Waals surface area contributed by atoms with Crippen LogP contribution in [0, 0.1) is 5.92 Å². The molecule has 4 nitrogen and oxygen atoms in total. The van der Waals surface area contributed by atoms with E-state index in [1.165, 1.54) is 25.7 Å². The smallest absolute Gasteiger partial charge is 0.239 e. The van der Waals surface area contributed by atoms with Crippen LogP contribution >= 0.6 is 24.8 Å². The van der Waals surface area contributed by atoms with Crippen molar-refractivity contribution in [3.8, 4) is 0 Å².